The van der Waals surface area contributed by atoms with Gasteiger partial charge in [0.25, 0.3) is 5.91 Å². The Morgan fingerprint density at radius 3 is 2.42 bits per heavy atom. The third-order valence-electron chi connectivity index (χ3n) is 4.88. The van der Waals surface area contributed by atoms with Crippen molar-refractivity contribution >= 4 is 34.1 Å². The first kappa shape index (κ1) is 21.2. The van der Waals surface area contributed by atoms with Gasteiger partial charge in [0, 0.05) is 26.9 Å². The second-order valence-corrected chi connectivity index (χ2v) is 8.66. The molecule has 0 radical (unpaired) electrons. The molecule has 10 heteroatoms. The highest BCUT2D eigenvalue weighted by atomic mass is 35.5. The van der Waals surface area contributed by atoms with Crippen LogP contribution < -0.4 is 19.5 Å². The Morgan fingerprint density at radius 2 is 1.81 bits per heavy atom. The molecule has 162 valence electrons. The summed E-state index contributed by atoms with van der Waals surface area (Å²) in [4.78, 5) is 13.2. The minimum atomic E-state index is -1.05. The fourth-order valence-corrected chi connectivity index (χ4v) is 4.89. The molecule has 1 N–H and O–H groups in total. The lowest BCUT2D eigenvalue weighted by atomic mass is 10.1. The molecule has 0 saturated carbocycles. The van der Waals surface area contributed by atoms with E-state index in [9.17, 15) is 9.00 Å². The first-order valence-electron chi connectivity index (χ1n) is 9.28. The molecule has 31 heavy (non-hydrogen) atoms. The summed E-state index contributed by atoms with van der Waals surface area (Å²) in [6, 6.07) is 10.3. The molecule has 1 aromatic heterocycles. The number of nitrogens with zero attached hydrogens (tertiary/aromatic N) is 2. The van der Waals surface area contributed by atoms with Crippen LogP contribution in [0.3, 0.4) is 0 Å². The smallest absolute Gasteiger partial charge is 0.257 e. The molecule has 0 fully saturated rings. The van der Waals surface area contributed by atoms with Gasteiger partial charge in [0.15, 0.2) is 11.5 Å². The first-order valence-corrected chi connectivity index (χ1v) is 11.1. The first-order chi connectivity index (χ1) is 14.9. The van der Waals surface area contributed by atoms with Gasteiger partial charge in [-0.2, -0.15) is 5.10 Å². The largest absolute Gasteiger partial charge is 0.493 e. The summed E-state index contributed by atoms with van der Waals surface area (Å²) in [6.07, 6.45) is 0. The molecule has 0 aliphatic carbocycles. The summed E-state index contributed by atoms with van der Waals surface area (Å²) in [7, 11) is 3.41. The predicted molar refractivity (Wildman–Crippen MR) is 118 cm³/mol. The Balaban J connectivity index is 1.76. The molecule has 4 rings (SSSR count). The summed E-state index contributed by atoms with van der Waals surface area (Å²) >= 11 is 6.14. The number of methoxy groups -OCH3 is 3. The number of hydrogen-bond acceptors (Lipinski definition) is 6. The highest BCUT2D eigenvalue weighted by Crippen LogP contribution is 2.39. The van der Waals surface area contributed by atoms with Gasteiger partial charge in [0.2, 0.25) is 5.75 Å². The zero-order chi connectivity index (χ0) is 22.1. The molecule has 1 aliphatic rings. The minimum absolute atomic E-state index is 0.307. The number of fused-ring (bicyclic) bond motifs is 1. The number of carbonyl (C=O) groups is 1. The van der Waals surface area contributed by atoms with Gasteiger partial charge in [-0.25, -0.2) is 4.68 Å². The van der Waals surface area contributed by atoms with E-state index >= 15 is 0 Å². The van der Waals surface area contributed by atoms with Crippen LogP contribution in [0.4, 0.5) is 5.82 Å². The highest BCUT2D eigenvalue weighted by molar-refractivity contribution is 7.83. The van der Waals surface area contributed by atoms with E-state index in [2.05, 4.69) is 10.4 Å². The number of aromatic nitrogens is 2. The molecule has 1 amide bonds. The van der Waals surface area contributed by atoms with Gasteiger partial charge in [-0.3, -0.25) is 9.00 Å². The number of carbonyl (C=O) groups excluding carboxylic acids is 1. The number of ether oxygens (including phenoxy) is 3. The molecule has 8 nitrogen and oxygen atoms in total. The molecule has 2 aromatic carbocycles. The molecule has 2 heterocycles. The van der Waals surface area contributed by atoms with E-state index in [1.807, 2.05) is 6.07 Å². The number of rotatable bonds is 6. The number of benzene rings is 2. The maximum absolute atomic E-state index is 13.2. The van der Waals surface area contributed by atoms with Crippen molar-refractivity contribution in [1.82, 2.24) is 9.78 Å². The van der Waals surface area contributed by atoms with Crippen molar-refractivity contribution in [3.8, 4) is 22.9 Å². The van der Waals surface area contributed by atoms with Crippen molar-refractivity contribution < 1.29 is 23.2 Å². The Bertz CT molecular complexity index is 1170. The van der Waals surface area contributed by atoms with Crippen LogP contribution >= 0.6 is 11.6 Å². The molecule has 0 spiro atoms. The lowest BCUT2D eigenvalue weighted by Gasteiger charge is -2.15. The van der Waals surface area contributed by atoms with E-state index in [0.29, 0.717) is 56.5 Å². The second kappa shape index (κ2) is 8.60. The van der Waals surface area contributed by atoms with Crippen LogP contribution in [-0.4, -0.2) is 41.2 Å². The van der Waals surface area contributed by atoms with Gasteiger partial charge in [0.05, 0.1) is 44.2 Å². The van der Waals surface area contributed by atoms with Crippen molar-refractivity contribution in [2.24, 2.45) is 0 Å². The molecule has 0 saturated heterocycles. The van der Waals surface area contributed by atoms with Crippen molar-refractivity contribution in [3.63, 3.8) is 0 Å². The van der Waals surface area contributed by atoms with Gasteiger partial charge in [-0.15, -0.1) is 0 Å². The Labute approximate surface area is 186 Å². The average molecular weight is 462 g/mol. The maximum atomic E-state index is 13.2. The predicted octanol–water partition coefficient (Wildman–Crippen LogP) is 3.57. The van der Waals surface area contributed by atoms with Crippen LogP contribution in [0, 0.1) is 0 Å². The van der Waals surface area contributed by atoms with Crippen molar-refractivity contribution in [1.29, 1.82) is 0 Å². The molecular weight excluding hydrogens is 442 g/mol. The minimum Gasteiger partial charge on any atom is -0.493 e. The molecular formula is C21H20ClN3O5S. The van der Waals surface area contributed by atoms with Gasteiger partial charge < -0.3 is 19.5 Å². The Kier molecular flexibility index (Phi) is 5.88. The molecule has 0 bridgehead atoms. The van der Waals surface area contributed by atoms with Crippen molar-refractivity contribution in [2.75, 3.05) is 26.6 Å². The van der Waals surface area contributed by atoms with E-state index in [0.717, 1.165) is 5.56 Å². The van der Waals surface area contributed by atoms with Crippen LogP contribution in [0.2, 0.25) is 5.02 Å². The van der Waals surface area contributed by atoms with Crippen LogP contribution in [0.15, 0.2) is 36.4 Å². The molecule has 1 atom stereocenters. The SMILES string of the molecule is COc1cc(C(=O)Nc2c3c(nn2-c2cccc(Cl)c2)CS(=O)C3)cc(OC)c1OC. The maximum Gasteiger partial charge on any atom is 0.257 e. The Morgan fingerprint density at radius 1 is 1.10 bits per heavy atom. The number of anilines is 1. The third kappa shape index (κ3) is 3.98. The molecule has 1 unspecified atom stereocenters. The van der Waals surface area contributed by atoms with Crippen LogP contribution in [0.5, 0.6) is 17.2 Å². The van der Waals surface area contributed by atoms with Crippen molar-refractivity contribution in [3.05, 3.63) is 58.2 Å². The summed E-state index contributed by atoms with van der Waals surface area (Å²) in [6.45, 7) is 0. The number of hydrogen-bond donors (Lipinski definition) is 1. The quantitative estimate of drug-likeness (QED) is 0.603. The monoisotopic (exact) mass is 461 g/mol. The van der Waals surface area contributed by atoms with E-state index in [1.54, 1.807) is 35.0 Å². The van der Waals surface area contributed by atoms with E-state index in [4.69, 9.17) is 25.8 Å². The topological polar surface area (TPSA) is 91.7 Å². The van der Waals surface area contributed by atoms with Gasteiger partial charge >= 0.3 is 0 Å². The summed E-state index contributed by atoms with van der Waals surface area (Å²) in [5.74, 6) is 1.84. The second-order valence-electron chi connectivity index (χ2n) is 6.76. The van der Waals surface area contributed by atoms with Gasteiger partial charge in [0.1, 0.15) is 5.82 Å². The summed E-state index contributed by atoms with van der Waals surface area (Å²) in [5, 5.41) is 8.03. The average Bonchev–Trinajstić information content (AvgIpc) is 3.29. The summed E-state index contributed by atoms with van der Waals surface area (Å²) in [5.41, 5.74) is 2.44. The lowest BCUT2D eigenvalue weighted by Crippen LogP contribution is -2.17. The van der Waals surface area contributed by atoms with Crippen LogP contribution in [0.25, 0.3) is 5.69 Å². The molecule has 1 aliphatic heterocycles. The normalized spacial score (nSPS) is 14.8. The van der Waals surface area contributed by atoms with Crippen molar-refractivity contribution in [2.45, 2.75) is 11.5 Å². The fourth-order valence-electron chi connectivity index (χ4n) is 3.44. The lowest BCUT2D eigenvalue weighted by molar-refractivity contribution is 0.102. The number of nitrogens with one attached hydrogen (secondary N) is 1. The zero-order valence-corrected chi connectivity index (χ0v) is 18.7. The van der Waals surface area contributed by atoms with Gasteiger partial charge in [-0.05, 0) is 30.3 Å². The molecule has 3 aromatic rings. The van der Waals surface area contributed by atoms with Gasteiger partial charge in [-0.1, -0.05) is 17.7 Å². The summed E-state index contributed by atoms with van der Waals surface area (Å²) < 4.78 is 29.7. The Hall–Kier alpha value is -3.04. The highest BCUT2D eigenvalue weighted by Gasteiger charge is 2.29. The van der Waals surface area contributed by atoms with E-state index < -0.39 is 16.7 Å². The fraction of sp³-hybridized carbons (Fsp3) is 0.238. The number of amides is 1. The van der Waals surface area contributed by atoms with E-state index in [-0.39, 0.29) is 0 Å². The number of halogens is 1. The standard InChI is InChI=1S/C21H20ClN3O5S/c1-28-17-7-12(8-18(29-2)19(17)30-3)21(26)23-20-15-10-31(27)11-16(15)24-25(20)14-6-4-5-13(22)9-14/h4-9H,10-11H2,1-3H3,(H,23,26). The van der Waals surface area contributed by atoms with Crippen LogP contribution in [0.1, 0.15) is 21.6 Å². The third-order valence-corrected chi connectivity index (χ3v) is 6.32. The van der Waals surface area contributed by atoms with Crippen LogP contribution in [-0.2, 0) is 22.3 Å². The zero-order valence-electron chi connectivity index (χ0n) is 17.1. The van der Waals surface area contributed by atoms with E-state index in [1.165, 1.54) is 21.3 Å².